The number of carbonyl (C=O) groups excluding carboxylic acids is 1. The Kier molecular flexibility index (Phi) is 4.44. The van der Waals surface area contributed by atoms with Crippen molar-refractivity contribution in [2.24, 2.45) is 0 Å². The molecule has 0 aliphatic rings. The number of rotatable bonds is 2. The summed E-state index contributed by atoms with van der Waals surface area (Å²) in [6.45, 7) is 0.399. The van der Waals surface area contributed by atoms with E-state index in [0.717, 1.165) is 0 Å². The first kappa shape index (κ1) is 8.35. The fourth-order valence-electron chi connectivity index (χ4n) is 0.295. The number of nitrogens with zero attached hydrogens (tertiary/aromatic N) is 1. The summed E-state index contributed by atoms with van der Waals surface area (Å²) in [4.78, 5) is 12.2. The van der Waals surface area contributed by atoms with Crippen LogP contribution in [0, 0.1) is 0 Å². The zero-order chi connectivity index (χ0) is 6.57. The van der Waals surface area contributed by atoms with E-state index in [9.17, 15) is 4.79 Å². The van der Waals surface area contributed by atoms with E-state index in [0.29, 0.717) is 32.8 Å². The molecule has 0 fully saturated rings. The van der Waals surface area contributed by atoms with Gasteiger partial charge in [0.2, 0.25) is 0 Å². The van der Waals surface area contributed by atoms with Crippen LogP contribution in [-0.4, -0.2) is 57.7 Å². The van der Waals surface area contributed by atoms with E-state index in [1.807, 2.05) is 14.1 Å². The second-order valence-corrected chi connectivity index (χ2v) is 2.64. The van der Waals surface area contributed by atoms with Crippen LogP contribution in [0.1, 0.15) is 0 Å². The van der Waals surface area contributed by atoms with Gasteiger partial charge in [0.1, 0.15) is 0 Å². The topological polar surface area (TPSA) is 29.5 Å². The molecule has 0 bridgehead atoms. The van der Waals surface area contributed by atoms with E-state index >= 15 is 0 Å². The molecule has 44 valence electrons. The first-order valence-electron chi connectivity index (χ1n) is 2.21. The summed E-state index contributed by atoms with van der Waals surface area (Å²) in [6, 6.07) is 0. The number of hydrogen-bond donors (Lipinski definition) is 0. The predicted molar refractivity (Wildman–Crippen MR) is 30.4 cm³/mol. The molecule has 0 rings (SSSR count). The van der Waals surface area contributed by atoms with Gasteiger partial charge in [0.05, 0.1) is 0 Å². The van der Waals surface area contributed by atoms with Gasteiger partial charge in [0.15, 0.2) is 0 Å². The molecule has 0 amide bonds. The third-order valence-corrected chi connectivity index (χ3v) is 1.60. The van der Waals surface area contributed by atoms with Gasteiger partial charge in [0, 0.05) is 0 Å². The molecule has 0 aliphatic carbocycles. The molecule has 0 atom stereocenters. The Bertz CT molecular complexity index is 84.1. The molecule has 0 aliphatic heterocycles. The van der Waals surface area contributed by atoms with Crippen molar-refractivity contribution >= 4 is 32.2 Å². The van der Waals surface area contributed by atoms with Crippen LogP contribution in [0.3, 0.4) is 0 Å². The number of hydrogen-bond acceptors (Lipinski definition) is 3. The van der Waals surface area contributed by atoms with Gasteiger partial charge in [-0.05, 0) is 0 Å². The van der Waals surface area contributed by atoms with Crippen LogP contribution in [0.25, 0.3) is 0 Å². The molecule has 3 nitrogen and oxygen atoms in total. The average Bonchev–Trinajstić information content (AvgIpc) is 1.65. The molecule has 0 aromatic heterocycles. The zero-order valence-electron chi connectivity index (χ0n) is 5.05. The number of carbonyl (C=O) groups is 1. The molecule has 4 heteroatoms. The van der Waals surface area contributed by atoms with Crippen molar-refractivity contribution in [3.05, 3.63) is 0 Å². The van der Waals surface area contributed by atoms with Crippen molar-refractivity contribution in [3.63, 3.8) is 0 Å². The van der Waals surface area contributed by atoms with Crippen LogP contribution in [0.4, 0.5) is 0 Å². The van der Waals surface area contributed by atoms with Crippen LogP contribution in [0.2, 0.25) is 0 Å². The molecular formula is C4H8NO2Tl. The Morgan fingerprint density at radius 3 is 2.38 bits per heavy atom. The van der Waals surface area contributed by atoms with Gasteiger partial charge in [-0.25, -0.2) is 0 Å². The van der Waals surface area contributed by atoms with Crippen LogP contribution < -0.4 is 0 Å². The van der Waals surface area contributed by atoms with Gasteiger partial charge in [-0.15, -0.1) is 0 Å². The van der Waals surface area contributed by atoms with Crippen molar-refractivity contribution in [1.29, 1.82) is 0 Å². The molecule has 0 aromatic carbocycles. The maximum atomic E-state index is 10.4. The van der Waals surface area contributed by atoms with Crippen LogP contribution >= 0.6 is 0 Å². The van der Waals surface area contributed by atoms with Gasteiger partial charge in [-0.1, -0.05) is 0 Å². The summed E-state index contributed by atoms with van der Waals surface area (Å²) < 4.78 is 4.55. The van der Waals surface area contributed by atoms with E-state index < -0.39 is 0 Å². The first-order chi connectivity index (χ1) is 3.66. The third-order valence-electron chi connectivity index (χ3n) is 0.577. The standard InChI is InChI=1S/C4H9NO2.Tl/c1-5(2)3-4(6)7;/h3H2,1-2H3,(H,6,7);/q;+1/p-1. The number of likely N-dealkylation sites (N-methyl/N-ethyl adjacent to an activating group) is 1. The fraction of sp³-hybridized carbons (Fsp3) is 0.750. The molecule has 8 heavy (non-hydrogen) atoms. The quantitative estimate of drug-likeness (QED) is 0.624. The van der Waals surface area contributed by atoms with Crippen LogP contribution in [-0.2, 0) is 7.48 Å². The Morgan fingerprint density at radius 1 is 1.75 bits per heavy atom. The van der Waals surface area contributed by atoms with Crippen LogP contribution in [0.15, 0.2) is 0 Å². The Balaban J connectivity index is 3.25. The Morgan fingerprint density at radius 2 is 2.25 bits per heavy atom. The molecule has 0 aromatic rings. The normalized spacial score (nSPS) is 9.25. The van der Waals surface area contributed by atoms with Crippen molar-refractivity contribution in [2.75, 3.05) is 20.6 Å². The van der Waals surface area contributed by atoms with Crippen molar-refractivity contribution in [2.45, 2.75) is 0 Å². The van der Waals surface area contributed by atoms with E-state index in [-0.39, 0.29) is 5.97 Å². The molecule has 0 heterocycles. The molecule has 0 N–H and O–H groups in total. The maximum absolute atomic E-state index is 10.4. The monoisotopic (exact) mass is 307 g/mol. The minimum absolute atomic E-state index is 0.125. The zero-order valence-corrected chi connectivity index (χ0v) is 9.54. The summed E-state index contributed by atoms with van der Waals surface area (Å²) in [5.41, 5.74) is 0. The van der Waals surface area contributed by atoms with Crippen molar-refractivity contribution in [1.82, 2.24) is 4.90 Å². The molecule has 0 unspecified atom stereocenters. The molecule has 0 spiro atoms. The summed E-state index contributed by atoms with van der Waals surface area (Å²) >= 11 is 0.326. The SMILES string of the molecule is CN(C)CC(=O)[O][Tl]. The molecule has 0 radical (unpaired) electrons. The minimum atomic E-state index is -0.125. The van der Waals surface area contributed by atoms with E-state index in [1.54, 1.807) is 4.90 Å². The van der Waals surface area contributed by atoms with Gasteiger partial charge in [-0.3, -0.25) is 0 Å². The van der Waals surface area contributed by atoms with E-state index in [4.69, 9.17) is 0 Å². The van der Waals surface area contributed by atoms with E-state index in [1.165, 1.54) is 0 Å². The Hall–Kier alpha value is 0.352. The third kappa shape index (κ3) is 4.51. The molecule has 0 saturated carbocycles. The van der Waals surface area contributed by atoms with Gasteiger partial charge in [0.25, 0.3) is 0 Å². The summed E-state index contributed by atoms with van der Waals surface area (Å²) in [5, 5.41) is 0. The Labute approximate surface area is 65.3 Å². The van der Waals surface area contributed by atoms with Crippen LogP contribution in [0.5, 0.6) is 0 Å². The fourth-order valence-corrected chi connectivity index (χ4v) is 0.585. The summed E-state index contributed by atoms with van der Waals surface area (Å²) in [7, 11) is 3.67. The second kappa shape index (κ2) is 4.25. The predicted octanol–water partition coefficient (Wildman–Crippen LogP) is -0.825. The van der Waals surface area contributed by atoms with Gasteiger partial charge in [-0.2, -0.15) is 0 Å². The molecule has 0 saturated heterocycles. The summed E-state index contributed by atoms with van der Waals surface area (Å²) in [6.07, 6.45) is 0. The average molecular weight is 306 g/mol. The first-order valence-corrected chi connectivity index (χ1v) is 4.04. The van der Waals surface area contributed by atoms with Crippen molar-refractivity contribution < 1.29 is 7.48 Å². The van der Waals surface area contributed by atoms with Crippen molar-refractivity contribution in [3.8, 4) is 0 Å². The molecular weight excluding hydrogens is 298 g/mol. The van der Waals surface area contributed by atoms with E-state index in [2.05, 4.69) is 2.69 Å². The second-order valence-electron chi connectivity index (χ2n) is 1.73. The summed E-state index contributed by atoms with van der Waals surface area (Å²) in [5.74, 6) is -0.125. The van der Waals surface area contributed by atoms with Gasteiger partial charge >= 0.3 is 65.2 Å². The van der Waals surface area contributed by atoms with Gasteiger partial charge < -0.3 is 0 Å².